The molecule has 6 nitrogen and oxygen atoms in total. The van der Waals surface area contributed by atoms with Crippen molar-refractivity contribution in [2.24, 2.45) is 4.99 Å². The molecular weight excluding hydrogens is 378 g/mol. The summed E-state index contributed by atoms with van der Waals surface area (Å²) in [5.41, 5.74) is 2.78. The van der Waals surface area contributed by atoms with Crippen LogP contribution in [-0.2, 0) is 11.2 Å². The highest BCUT2D eigenvalue weighted by Gasteiger charge is 2.33. The van der Waals surface area contributed by atoms with Gasteiger partial charge >= 0.3 is 6.09 Å². The van der Waals surface area contributed by atoms with Crippen LogP contribution >= 0.6 is 0 Å². The summed E-state index contributed by atoms with van der Waals surface area (Å²) < 4.78 is 5.30. The molecule has 0 radical (unpaired) electrons. The van der Waals surface area contributed by atoms with Crippen LogP contribution in [-0.4, -0.2) is 54.4 Å². The van der Waals surface area contributed by atoms with E-state index in [2.05, 4.69) is 22.4 Å². The Morgan fingerprint density at radius 3 is 2.63 bits per heavy atom. The SMILES string of the molecule is CCOC(=O)N1CC[C@H](NC2=NCC(=O)c3ccccc32)C[C@@H]1Cc1ccccc1. The predicted molar refractivity (Wildman–Crippen MR) is 116 cm³/mol. The average Bonchev–Trinajstić information content (AvgIpc) is 2.77. The number of rotatable bonds is 4. The molecule has 1 amide bonds. The van der Waals surface area contributed by atoms with Crippen LogP contribution in [0.1, 0.15) is 41.3 Å². The first-order valence-electron chi connectivity index (χ1n) is 10.6. The van der Waals surface area contributed by atoms with Gasteiger partial charge in [0.05, 0.1) is 6.61 Å². The summed E-state index contributed by atoms with van der Waals surface area (Å²) in [6.07, 6.45) is 2.13. The molecule has 2 atom stereocenters. The summed E-state index contributed by atoms with van der Waals surface area (Å²) in [5, 5.41) is 3.56. The number of ether oxygens (including phenoxy) is 1. The van der Waals surface area contributed by atoms with E-state index in [1.807, 2.05) is 54.3 Å². The van der Waals surface area contributed by atoms with Crippen LogP contribution in [0.2, 0.25) is 0 Å². The number of carbonyl (C=O) groups is 2. The Labute approximate surface area is 176 Å². The lowest BCUT2D eigenvalue weighted by Gasteiger charge is -2.39. The molecule has 1 saturated heterocycles. The van der Waals surface area contributed by atoms with Gasteiger partial charge in [0.2, 0.25) is 0 Å². The fourth-order valence-corrected chi connectivity index (χ4v) is 4.28. The molecule has 4 rings (SSSR count). The van der Waals surface area contributed by atoms with E-state index in [9.17, 15) is 9.59 Å². The number of amides is 1. The van der Waals surface area contributed by atoms with Crippen molar-refractivity contribution in [3.63, 3.8) is 0 Å². The van der Waals surface area contributed by atoms with Gasteiger partial charge in [0.25, 0.3) is 0 Å². The lowest BCUT2D eigenvalue weighted by atomic mass is 9.91. The summed E-state index contributed by atoms with van der Waals surface area (Å²) in [7, 11) is 0. The van der Waals surface area contributed by atoms with Gasteiger partial charge in [0.1, 0.15) is 12.4 Å². The zero-order valence-electron chi connectivity index (χ0n) is 17.2. The number of hydrogen-bond acceptors (Lipinski definition) is 5. The van der Waals surface area contributed by atoms with E-state index in [1.54, 1.807) is 0 Å². The van der Waals surface area contributed by atoms with Gasteiger partial charge in [-0.25, -0.2) is 4.79 Å². The number of amidine groups is 1. The number of hydrogen-bond donors (Lipinski definition) is 1. The molecule has 2 heterocycles. The zero-order chi connectivity index (χ0) is 20.9. The minimum atomic E-state index is -0.247. The van der Waals surface area contributed by atoms with E-state index in [-0.39, 0.29) is 30.5 Å². The zero-order valence-corrected chi connectivity index (χ0v) is 17.2. The number of benzene rings is 2. The molecular formula is C24H27N3O3. The van der Waals surface area contributed by atoms with Crippen molar-refractivity contribution in [2.45, 2.75) is 38.3 Å². The number of carbonyl (C=O) groups excluding carboxylic acids is 2. The molecule has 2 aliphatic heterocycles. The van der Waals surface area contributed by atoms with Crippen molar-refractivity contribution in [1.29, 1.82) is 0 Å². The number of aliphatic imine (C=N–C) groups is 1. The summed E-state index contributed by atoms with van der Waals surface area (Å²) in [6.45, 7) is 3.01. The monoisotopic (exact) mass is 405 g/mol. The van der Waals surface area contributed by atoms with Crippen molar-refractivity contribution in [3.8, 4) is 0 Å². The summed E-state index contributed by atoms with van der Waals surface area (Å²) in [5.74, 6) is 0.827. The van der Waals surface area contributed by atoms with Gasteiger partial charge < -0.3 is 15.0 Å². The average molecular weight is 405 g/mol. The van der Waals surface area contributed by atoms with Crippen LogP contribution < -0.4 is 5.32 Å². The van der Waals surface area contributed by atoms with Crippen LogP contribution in [0.5, 0.6) is 0 Å². The third-order valence-electron chi connectivity index (χ3n) is 5.74. The lowest BCUT2D eigenvalue weighted by molar-refractivity contribution is 0.0715. The second kappa shape index (κ2) is 9.11. The molecule has 0 spiro atoms. The molecule has 0 bridgehead atoms. The Hall–Kier alpha value is -3.15. The number of likely N-dealkylation sites (tertiary alicyclic amines) is 1. The molecule has 30 heavy (non-hydrogen) atoms. The molecule has 0 aromatic heterocycles. The molecule has 6 heteroatoms. The van der Waals surface area contributed by atoms with E-state index < -0.39 is 0 Å². The van der Waals surface area contributed by atoms with Crippen LogP contribution in [0.15, 0.2) is 59.6 Å². The molecule has 2 aromatic carbocycles. The Balaban J connectivity index is 1.50. The van der Waals surface area contributed by atoms with Gasteiger partial charge in [-0.1, -0.05) is 54.6 Å². The number of nitrogens with zero attached hydrogens (tertiary/aromatic N) is 2. The van der Waals surface area contributed by atoms with Crippen molar-refractivity contribution in [2.75, 3.05) is 19.7 Å². The second-order valence-electron chi connectivity index (χ2n) is 7.74. The van der Waals surface area contributed by atoms with Gasteiger partial charge in [0.15, 0.2) is 5.78 Å². The normalized spacial score (nSPS) is 20.9. The summed E-state index contributed by atoms with van der Waals surface area (Å²) >= 11 is 0. The topological polar surface area (TPSA) is 71.0 Å². The first-order chi connectivity index (χ1) is 14.7. The number of fused-ring (bicyclic) bond motifs is 1. The molecule has 156 valence electrons. The minimum absolute atomic E-state index is 0.0405. The predicted octanol–water partition coefficient (Wildman–Crippen LogP) is 3.45. The van der Waals surface area contributed by atoms with Crippen LogP contribution in [0.25, 0.3) is 0 Å². The highest BCUT2D eigenvalue weighted by Crippen LogP contribution is 2.24. The summed E-state index contributed by atoms with van der Waals surface area (Å²) in [4.78, 5) is 31.0. The first kappa shape index (κ1) is 20.1. The fraction of sp³-hybridized carbons (Fsp3) is 0.375. The maximum atomic E-state index is 12.5. The van der Waals surface area contributed by atoms with E-state index >= 15 is 0 Å². The van der Waals surface area contributed by atoms with Crippen LogP contribution in [0.3, 0.4) is 0 Å². The largest absolute Gasteiger partial charge is 0.450 e. The van der Waals surface area contributed by atoms with Gasteiger partial charge in [-0.15, -0.1) is 0 Å². The highest BCUT2D eigenvalue weighted by atomic mass is 16.6. The van der Waals surface area contributed by atoms with Crippen molar-refractivity contribution in [3.05, 3.63) is 71.3 Å². The van der Waals surface area contributed by atoms with Crippen molar-refractivity contribution in [1.82, 2.24) is 10.2 Å². The van der Waals surface area contributed by atoms with Crippen molar-refractivity contribution >= 4 is 17.7 Å². The molecule has 0 unspecified atom stereocenters. The van der Waals surface area contributed by atoms with E-state index in [4.69, 9.17) is 4.74 Å². The van der Waals surface area contributed by atoms with Gasteiger partial charge in [-0.3, -0.25) is 9.79 Å². The number of nitrogens with one attached hydrogen (secondary N) is 1. The lowest BCUT2D eigenvalue weighted by Crippen LogP contribution is -2.53. The first-order valence-corrected chi connectivity index (χ1v) is 10.6. The Morgan fingerprint density at radius 1 is 1.13 bits per heavy atom. The molecule has 0 saturated carbocycles. The van der Waals surface area contributed by atoms with E-state index in [0.29, 0.717) is 13.2 Å². The van der Waals surface area contributed by atoms with Crippen LogP contribution in [0.4, 0.5) is 4.79 Å². The number of Topliss-reactive ketones (excluding diaryl/α,β-unsaturated/α-hetero) is 1. The molecule has 2 aliphatic rings. The highest BCUT2D eigenvalue weighted by molar-refractivity contribution is 6.14. The Kier molecular flexibility index (Phi) is 6.12. The van der Waals surface area contributed by atoms with Gasteiger partial charge in [0, 0.05) is 29.8 Å². The second-order valence-corrected chi connectivity index (χ2v) is 7.74. The standard InChI is InChI=1S/C24H27N3O3/c1-2-30-24(29)27-13-12-18(15-19(27)14-17-8-4-3-5-9-17)26-23-21-11-7-6-10-20(21)22(28)16-25-23/h3-11,18-19H,2,12-16H2,1H3,(H,25,26)/t18-,19-/m0/s1. The van der Waals surface area contributed by atoms with E-state index in [0.717, 1.165) is 36.2 Å². The number of ketones is 1. The maximum Gasteiger partial charge on any atom is 0.410 e. The Bertz CT molecular complexity index is 942. The Morgan fingerprint density at radius 2 is 1.87 bits per heavy atom. The summed E-state index contributed by atoms with van der Waals surface area (Å²) in [6, 6.07) is 18.0. The molecule has 1 N–H and O–H groups in total. The minimum Gasteiger partial charge on any atom is -0.450 e. The smallest absolute Gasteiger partial charge is 0.410 e. The van der Waals surface area contributed by atoms with Gasteiger partial charge in [-0.2, -0.15) is 0 Å². The van der Waals surface area contributed by atoms with Crippen LogP contribution in [0, 0.1) is 0 Å². The van der Waals surface area contributed by atoms with Gasteiger partial charge in [-0.05, 0) is 31.7 Å². The molecule has 2 aromatic rings. The molecule has 0 aliphatic carbocycles. The third kappa shape index (κ3) is 4.37. The maximum absolute atomic E-state index is 12.5. The quantitative estimate of drug-likeness (QED) is 0.846. The van der Waals surface area contributed by atoms with Crippen molar-refractivity contribution < 1.29 is 14.3 Å². The van der Waals surface area contributed by atoms with E-state index in [1.165, 1.54) is 5.56 Å². The number of piperidine rings is 1. The third-order valence-corrected chi connectivity index (χ3v) is 5.74. The molecule has 1 fully saturated rings. The fourth-order valence-electron chi connectivity index (χ4n) is 4.28.